The number of hydrogen-bond acceptors (Lipinski definition) is 3. The van der Waals surface area contributed by atoms with Crippen molar-refractivity contribution in [3.05, 3.63) is 0 Å². The van der Waals surface area contributed by atoms with E-state index >= 15 is 0 Å². The van der Waals surface area contributed by atoms with E-state index in [1.165, 1.54) is 25.7 Å². The lowest BCUT2D eigenvalue weighted by Gasteiger charge is -2.34. The Morgan fingerprint density at radius 1 is 1.33 bits per heavy atom. The second-order valence-electron chi connectivity index (χ2n) is 6.27. The molecule has 2 fully saturated rings. The van der Waals surface area contributed by atoms with E-state index in [4.69, 9.17) is 5.73 Å². The Kier molecular flexibility index (Phi) is 4.62. The molecule has 0 radical (unpaired) electrons. The second kappa shape index (κ2) is 6.02. The minimum absolute atomic E-state index is 0.153. The molecule has 0 bridgehead atoms. The van der Waals surface area contributed by atoms with Crippen LogP contribution in [0.4, 0.5) is 0 Å². The van der Waals surface area contributed by atoms with Gasteiger partial charge in [0.25, 0.3) is 0 Å². The summed E-state index contributed by atoms with van der Waals surface area (Å²) >= 11 is 0. The molecule has 4 nitrogen and oxygen atoms in total. The van der Waals surface area contributed by atoms with E-state index in [2.05, 4.69) is 17.3 Å². The van der Waals surface area contributed by atoms with Gasteiger partial charge < -0.3 is 16.0 Å². The van der Waals surface area contributed by atoms with Crippen molar-refractivity contribution in [2.75, 3.05) is 20.1 Å². The van der Waals surface area contributed by atoms with Crippen LogP contribution in [0, 0.1) is 0 Å². The normalized spacial score (nSPS) is 28.9. The van der Waals surface area contributed by atoms with Gasteiger partial charge in [-0.15, -0.1) is 0 Å². The zero-order valence-electron chi connectivity index (χ0n) is 11.6. The Bertz CT molecular complexity index is 287. The molecule has 2 rings (SSSR count). The SMILES string of the molecule is CN1CCCC(NC(=O)CC2(N)CCCCC2)C1. The van der Waals surface area contributed by atoms with Gasteiger partial charge >= 0.3 is 0 Å². The summed E-state index contributed by atoms with van der Waals surface area (Å²) in [5, 5.41) is 3.16. The first kappa shape index (κ1) is 13.8. The maximum atomic E-state index is 12.1. The van der Waals surface area contributed by atoms with E-state index in [0.717, 1.165) is 32.4 Å². The zero-order valence-corrected chi connectivity index (χ0v) is 11.6. The highest BCUT2D eigenvalue weighted by atomic mass is 16.1. The van der Waals surface area contributed by atoms with Crippen molar-refractivity contribution >= 4 is 5.91 Å². The Hall–Kier alpha value is -0.610. The molecule has 0 aromatic rings. The van der Waals surface area contributed by atoms with Crippen LogP contribution in [0.25, 0.3) is 0 Å². The van der Waals surface area contributed by atoms with Gasteiger partial charge in [0.1, 0.15) is 0 Å². The van der Waals surface area contributed by atoms with Gasteiger partial charge in [0, 0.05) is 24.5 Å². The number of carbonyl (C=O) groups excluding carboxylic acids is 1. The lowest BCUT2D eigenvalue weighted by Crippen LogP contribution is -2.50. The smallest absolute Gasteiger partial charge is 0.222 e. The highest BCUT2D eigenvalue weighted by Gasteiger charge is 2.30. The minimum Gasteiger partial charge on any atom is -0.352 e. The van der Waals surface area contributed by atoms with E-state index in [1.807, 2.05) is 0 Å². The molecule has 0 aromatic carbocycles. The third-order valence-corrected chi connectivity index (χ3v) is 4.35. The Balaban J connectivity index is 1.77. The van der Waals surface area contributed by atoms with Crippen LogP contribution in [0.15, 0.2) is 0 Å². The number of piperidine rings is 1. The number of amides is 1. The second-order valence-corrected chi connectivity index (χ2v) is 6.27. The molecule has 1 amide bonds. The molecule has 1 aliphatic heterocycles. The maximum Gasteiger partial charge on any atom is 0.222 e. The molecule has 1 atom stereocenters. The third-order valence-electron chi connectivity index (χ3n) is 4.35. The molecule has 18 heavy (non-hydrogen) atoms. The molecule has 3 N–H and O–H groups in total. The summed E-state index contributed by atoms with van der Waals surface area (Å²) in [5.41, 5.74) is 6.09. The van der Waals surface area contributed by atoms with Crippen molar-refractivity contribution in [1.29, 1.82) is 0 Å². The molecule has 1 saturated heterocycles. The summed E-state index contributed by atoms with van der Waals surface area (Å²) in [4.78, 5) is 14.4. The molecule has 0 aromatic heterocycles. The number of rotatable bonds is 3. The van der Waals surface area contributed by atoms with Gasteiger partial charge in [-0.2, -0.15) is 0 Å². The summed E-state index contributed by atoms with van der Waals surface area (Å²) in [6.45, 7) is 2.12. The van der Waals surface area contributed by atoms with Crippen molar-refractivity contribution in [2.45, 2.75) is 62.9 Å². The summed E-state index contributed by atoms with van der Waals surface area (Å²) in [7, 11) is 2.11. The summed E-state index contributed by atoms with van der Waals surface area (Å²) in [5.74, 6) is 0.153. The molecular formula is C14H27N3O. The van der Waals surface area contributed by atoms with E-state index in [9.17, 15) is 4.79 Å². The monoisotopic (exact) mass is 253 g/mol. The molecule has 1 heterocycles. The predicted molar refractivity (Wildman–Crippen MR) is 73.3 cm³/mol. The van der Waals surface area contributed by atoms with Gasteiger partial charge in [0.05, 0.1) is 0 Å². The standard InChI is InChI=1S/C14H27N3O/c1-17-9-5-6-12(11-17)16-13(18)10-14(15)7-3-2-4-8-14/h12H,2-11,15H2,1H3,(H,16,18). The number of likely N-dealkylation sites (tertiary alicyclic amines) is 1. The fraction of sp³-hybridized carbons (Fsp3) is 0.929. The predicted octanol–water partition coefficient (Wildman–Crippen LogP) is 1.25. The van der Waals surface area contributed by atoms with Crippen LogP contribution in [-0.4, -0.2) is 42.5 Å². The molecule has 1 unspecified atom stereocenters. The Morgan fingerprint density at radius 3 is 2.72 bits per heavy atom. The fourth-order valence-electron chi connectivity index (χ4n) is 3.32. The van der Waals surface area contributed by atoms with Crippen molar-refractivity contribution in [1.82, 2.24) is 10.2 Å². The van der Waals surface area contributed by atoms with Crippen LogP contribution in [-0.2, 0) is 4.79 Å². The van der Waals surface area contributed by atoms with Crippen molar-refractivity contribution in [2.24, 2.45) is 5.73 Å². The quantitative estimate of drug-likeness (QED) is 0.796. The van der Waals surface area contributed by atoms with Crippen LogP contribution in [0.5, 0.6) is 0 Å². The molecule has 1 aliphatic carbocycles. The topological polar surface area (TPSA) is 58.4 Å². The number of likely N-dealkylation sites (N-methyl/N-ethyl adjacent to an activating group) is 1. The molecule has 2 aliphatic rings. The number of hydrogen-bond donors (Lipinski definition) is 2. The van der Waals surface area contributed by atoms with Gasteiger partial charge in [-0.3, -0.25) is 4.79 Å². The van der Waals surface area contributed by atoms with Crippen molar-refractivity contribution in [3.8, 4) is 0 Å². The number of nitrogens with zero attached hydrogens (tertiary/aromatic N) is 1. The van der Waals surface area contributed by atoms with Gasteiger partial charge in [-0.25, -0.2) is 0 Å². The molecule has 4 heteroatoms. The van der Waals surface area contributed by atoms with Crippen LogP contribution >= 0.6 is 0 Å². The van der Waals surface area contributed by atoms with E-state index < -0.39 is 0 Å². The molecule has 0 spiro atoms. The fourth-order valence-corrected chi connectivity index (χ4v) is 3.32. The zero-order chi connectivity index (χ0) is 13.0. The van der Waals surface area contributed by atoms with Gasteiger partial charge in [-0.05, 0) is 39.3 Å². The van der Waals surface area contributed by atoms with Crippen molar-refractivity contribution < 1.29 is 4.79 Å². The summed E-state index contributed by atoms with van der Waals surface area (Å²) in [6.07, 6.45) is 8.42. The van der Waals surface area contributed by atoms with E-state index in [1.54, 1.807) is 0 Å². The van der Waals surface area contributed by atoms with E-state index in [0.29, 0.717) is 12.5 Å². The highest BCUT2D eigenvalue weighted by molar-refractivity contribution is 5.77. The van der Waals surface area contributed by atoms with Crippen LogP contribution in [0.3, 0.4) is 0 Å². The van der Waals surface area contributed by atoms with Crippen LogP contribution in [0.2, 0.25) is 0 Å². The summed E-state index contributed by atoms with van der Waals surface area (Å²) in [6, 6.07) is 0.323. The number of carbonyl (C=O) groups is 1. The number of nitrogens with two attached hydrogens (primary N) is 1. The Labute approximate surface area is 110 Å². The van der Waals surface area contributed by atoms with Crippen LogP contribution in [0.1, 0.15) is 51.4 Å². The van der Waals surface area contributed by atoms with Gasteiger partial charge in [-0.1, -0.05) is 19.3 Å². The van der Waals surface area contributed by atoms with Gasteiger partial charge in [0.2, 0.25) is 5.91 Å². The summed E-state index contributed by atoms with van der Waals surface area (Å²) < 4.78 is 0. The lowest BCUT2D eigenvalue weighted by molar-refractivity contribution is -0.123. The largest absolute Gasteiger partial charge is 0.352 e. The maximum absolute atomic E-state index is 12.1. The van der Waals surface area contributed by atoms with Crippen LogP contribution < -0.4 is 11.1 Å². The van der Waals surface area contributed by atoms with Crippen molar-refractivity contribution in [3.63, 3.8) is 0 Å². The average molecular weight is 253 g/mol. The first-order chi connectivity index (χ1) is 8.57. The van der Waals surface area contributed by atoms with E-state index in [-0.39, 0.29) is 11.4 Å². The van der Waals surface area contributed by atoms with Gasteiger partial charge in [0.15, 0.2) is 0 Å². The molecular weight excluding hydrogens is 226 g/mol. The lowest BCUT2D eigenvalue weighted by atomic mass is 9.80. The first-order valence-electron chi connectivity index (χ1n) is 7.34. The minimum atomic E-state index is -0.233. The highest BCUT2D eigenvalue weighted by Crippen LogP contribution is 2.28. The molecule has 1 saturated carbocycles. The third kappa shape index (κ3) is 3.95. The average Bonchev–Trinajstić information content (AvgIpc) is 2.28. The first-order valence-corrected chi connectivity index (χ1v) is 7.34. The molecule has 104 valence electrons. The number of nitrogens with one attached hydrogen (secondary N) is 1. The Morgan fingerprint density at radius 2 is 2.06 bits per heavy atom.